The van der Waals surface area contributed by atoms with Crippen LogP contribution in [0.1, 0.15) is 18.6 Å². The van der Waals surface area contributed by atoms with Crippen molar-refractivity contribution in [1.29, 1.82) is 0 Å². The van der Waals surface area contributed by atoms with E-state index in [1.807, 2.05) is 0 Å². The quantitative estimate of drug-likeness (QED) is 0.842. The van der Waals surface area contributed by atoms with Crippen molar-refractivity contribution >= 4 is 0 Å². The minimum atomic E-state index is -3.71. The Morgan fingerprint density at radius 3 is 2.23 bits per heavy atom. The van der Waals surface area contributed by atoms with Gasteiger partial charge in [0.25, 0.3) is 0 Å². The molecule has 140 valence electrons. The molecule has 6 nitrogen and oxygen atoms in total. The lowest BCUT2D eigenvalue weighted by Gasteiger charge is -2.23. The monoisotopic (exact) mass is 368 g/mol. The van der Waals surface area contributed by atoms with Crippen LogP contribution in [0, 0.1) is 0 Å². The first-order valence-electron chi connectivity index (χ1n) is 7.80. The summed E-state index contributed by atoms with van der Waals surface area (Å²) in [4.78, 5) is 0. The highest BCUT2D eigenvalue weighted by molar-refractivity contribution is 5.51. The maximum atomic E-state index is 13.1. The molecular weight excluding hydrogens is 350 g/mol. The van der Waals surface area contributed by atoms with Gasteiger partial charge >= 0.3 is 6.29 Å². The van der Waals surface area contributed by atoms with Crippen LogP contribution in [0.5, 0.6) is 28.7 Å². The molecule has 2 aromatic rings. The van der Waals surface area contributed by atoms with Crippen molar-refractivity contribution in [1.82, 2.24) is 0 Å². The molecule has 0 fully saturated rings. The summed E-state index contributed by atoms with van der Waals surface area (Å²) in [6, 6.07) is 9.20. The summed E-state index contributed by atoms with van der Waals surface area (Å²) in [6.07, 6.45) is -5.56. The Kier molecular flexibility index (Phi) is 4.78. The van der Waals surface area contributed by atoms with E-state index < -0.39 is 18.5 Å². The molecule has 26 heavy (non-hydrogen) atoms. The van der Waals surface area contributed by atoms with Crippen molar-refractivity contribution in [3.05, 3.63) is 42.0 Å². The number of ether oxygens (including phenoxy) is 5. The van der Waals surface area contributed by atoms with E-state index in [-0.39, 0.29) is 11.5 Å². The lowest BCUT2D eigenvalue weighted by molar-refractivity contribution is -0.286. The van der Waals surface area contributed by atoms with Crippen molar-refractivity contribution in [3.8, 4) is 28.7 Å². The SMILES string of the molecule is COc1cccc(OC)c1O[C@H](C)C(O)c1ccc2c(c1)OC(F)(F)O2. The number of halogens is 2. The number of rotatable bonds is 6. The largest absolute Gasteiger partial charge is 0.586 e. The summed E-state index contributed by atoms with van der Waals surface area (Å²) in [5, 5.41) is 10.5. The molecule has 0 aliphatic carbocycles. The lowest BCUT2D eigenvalue weighted by atomic mass is 10.0. The Bertz CT molecular complexity index is 773. The van der Waals surface area contributed by atoms with E-state index in [1.165, 1.54) is 32.4 Å². The van der Waals surface area contributed by atoms with Crippen LogP contribution in [0.15, 0.2) is 36.4 Å². The third kappa shape index (κ3) is 3.45. The van der Waals surface area contributed by atoms with Crippen molar-refractivity contribution in [3.63, 3.8) is 0 Å². The van der Waals surface area contributed by atoms with Crippen molar-refractivity contribution < 1.29 is 37.6 Å². The van der Waals surface area contributed by atoms with Crippen molar-refractivity contribution in [2.75, 3.05) is 14.2 Å². The summed E-state index contributed by atoms with van der Waals surface area (Å²) in [5.74, 6) is 0.971. The van der Waals surface area contributed by atoms with Crippen LogP contribution in [0.25, 0.3) is 0 Å². The molecule has 1 N–H and O–H groups in total. The Morgan fingerprint density at radius 2 is 1.62 bits per heavy atom. The third-order valence-corrected chi connectivity index (χ3v) is 3.90. The first-order chi connectivity index (χ1) is 12.3. The molecule has 8 heteroatoms. The number of methoxy groups -OCH3 is 2. The summed E-state index contributed by atoms with van der Waals surface area (Å²) in [7, 11) is 2.97. The minimum absolute atomic E-state index is 0.0917. The fourth-order valence-electron chi connectivity index (χ4n) is 2.60. The van der Waals surface area contributed by atoms with Gasteiger partial charge in [0.15, 0.2) is 23.0 Å². The summed E-state index contributed by atoms with van der Waals surface area (Å²) >= 11 is 0. The number of hydrogen-bond donors (Lipinski definition) is 1. The standard InChI is InChI=1S/C18H18F2O6/c1-10(24-17-13(22-2)5-4-6-14(17)23-3)16(21)11-7-8-12-15(9-11)26-18(19,20)25-12/h4-10,16,21H,1-3H3/t10-,16?/m1/s1. The molecule has 3 rings (SSSR count). The van der Waals surface area contributed by atoms with E-state index in [0.717, 1.165) is 0 Å². The molecule has 2 atom stereocenters. The maximum absolute atomic E-state index is 13.1. The molecule has 0 saturated heterocycles. The van der Waals surface area contributed by atoms with Crippen LogP contribution in [0.3, 0.4) is 0 Å². The molecule has 0 aromatic heterocycles. The van der Waals surface area contributed by atoms with Gasteiger partial charge in [0, 0.05) is 0 Å². The molecule has 2 aromatic carbocycles. The van der Waals surface area contributed by atoms with Gasteiger partial charge in [-0.25, -0.2) is 0 Å². The second-order valence-electron chi connectivity index (χ2n) is 5.63. The third-order valence-electron chi connectivity index (χ3n) is 3.90. The Hall–Kier alpha value is -2.74. The van der Waals surface area contributed by atoms with Gasteiger partial charge in [0.1, 0.15) is 12.2 Å². The zero-order chi connectivity index (χ0) is 18.9. The fraction of sp³-hybridized carbons (Fsp3) is 0.333. The Morgan fingerprint density at radius 1 is 1.00 bits per heavy atom. The van der Waals surface area contributed by atoms with Gasteiger partial charge < -0.3 is 28.8 Å². The normalized spacial score (nSPS) is 16.7. The average molecular weight is 368 g/mol. The molecular formula is C18H18F2O6. The highest BCUT2D eigenvalue weighted by Crippen LogP contribution is 2.43. The van der Waals surface area contributed by atoms with Gasteiger partial charge in [-0.05, 0) is 36.8 Å². The predicted molar refractivity (Wildman–Crippen MR) is 87.2 cm³/mol. The van der Waals surface area contributed by atoms with E-state index in [0.29, 0.717) is 22.8 Å². The predicted octanol–water partition coefficient (Wildman–Crippen LogP) is 3.53. The number of benzene rings is 2. The van der Waals surface area contributed by atoms with Gasteiger partial charge in [-0.15, -0.1) is 8.78 Å². The highest BCUT2D eigenvalue weighted by Gasteiger charge is 2.43. The van der Waals surface area contributed by atoms with Gasteiger partial charge in [-0.3, -0.25) is 0 Å². The highest BCUT2D eigenvalue weighted by atomic mass is 19.3. The van der Waals surface area contributed by atoms with Crippen LogP contribution >= 0.6 is 0 Å². The zero-order valence-corrected chi connectivity index (χ0v) is 14.4. The molecule has 0 spiro atoms. The number of hydrogen-bond acceptors (Lipinski definition) is 6. The first kappa shape index (κ1) is 18.1. The topological polar surface area (TPSA) is 66.4 Å². The second-order valence-corrected chi connectivity index (χ2v) is 5.63. The molecule has 0 amide bonds. The minimum Gasteiger partial charge on any atom is -0.493 e. The number of fused-ring (bicyclic) bond motifs is 1. The van der Waals surface area contributed by atoms with Gasteiger partial charge in [0.2, 0.25) is 5.75 Å². The second kappa shape index (κ2) is 6.87. The van der Waals surface area contributed by atoms with Crippen LogP contribution in [-0.2, 0) is 0 Å². The van der Waals surface area contributed by atoms with Crippen molar-refractivity contribution in [2.24, 2.45) is 0 Å². The van der Waals surface area contributed by atoms with Gasteiger partial charge in [-0.2, -0.15) is 0 Å². The van der Waals surface area contributed by atoms with Crippen LogP contribution in [-0.4, -0.2) is 31.7 Å². The molecule has 1 unspecified atom stereocenters. The molecule has 1 heterocycles. The van der Waals surface area contributed by atoms with E-state index in [1.54, 1.807) is 25.1 Å². The average Bonchev–Trinajstić information content (AvgIpc) is 2.93. The number of alkyl halides is 2. The van der Waals surface area contributed by atoms with E-state index in [9.17, 15) is 13.9 Å². The van der Waals surface area contributed by atoms with Crippen LogP contribution in [0.2, 0.25) is 0 Å². The summed E-state index contributed by atoms with van der Waals surface area (Å²) < 4.78 is 51.3. The van der Waals surface area contributed by atoms with Crippen LogP contribution < -0.4 is 23.7 Å². The molecule has 1 aliphatic heterocycles. The Labute approximate surface area is 148 Å². The van der Waals surface area contributed by atoms with Crippen LogP contribution in [0.4, 0.5) is 8.78 Å². The number of aliphatic hydroxyl groups excluding tert-OH is 1. The van der Waals surface area contributed by atoms with E-state index in [2.05, 4.69) is 9.47 Å². The maximum Gasteiger partial charge on any atom is 0.586 e. The van der Waals surface area contributed by atoms with E-state index in [4.69, 9.17) is 14.2 Å². The molecule has 0 bridgehead atoms. The first-order valence-corrected chi connectivity index (χ1v) is 7.80. The summed E-state index contributed by atoms with van der Waals surface area (Å²) in [5.41, 5.74) is 0.339. The fourth-order valence-corrected chi connectivity index (χ4v) is 2.60. The summed E-state index contributed by atoms with van der Waals surface area (Å²) in [6.45, 7) is 1.63. The molecule has 1 aliphatic rings. The molecule has 0 saturated carbocycles. The Balaban J connectivity index is 1.81. The zero-order valence-electron chi connectivity index (χ0n) is 14.4. The van der Waals surface area contributed by atoms with Gasteiger partial charge in [-0.1, -0.05) is 12.1 Å². The lowest BCUT2D eigenvalue weighted by Crippen LogP contribution is -2.26. The van der Waals surface area contributed by atoms with Crippen molar-refractivity contribution in [2.45, 2.75) is 25.4 Å². The van der Waals surface area contributed by atoms with Gasteiger partial charge in [0.05, 0.1) is 14.2 Å². The number of aliphatic hydroxyl groups is 1. The molecule has 0 radical (unpaired) electrons. The number of para-hydroxylation sites is 1. The van der Waals surface area contributed by atoms with E-state index >= 15 is 0 Å². The smallest absolute Gasteiger partial charge is 0.493 e.